The zero-order valence-electron chi connectivity index (χ0n) is 45.9. The van der Waals surface area contributed by atoms with Crippen molar-refractivity contribution in [1.82, 2.24) is 0 Å². The molecule has 0 N–H and O–H groups in total. The van der Waals surface area contributed by atoms with Crippen LogP contribution in [0.2, 0.25) is 0 Å². The van der Waals surface area contributed by atoms with Crippen molar-refractivity contribution >= 4 is 40.2 Å². The van der Waals surface area contributed by atoms with E-state index in [-0.39, 0.29) is 0 Å². The minimum Gasteiger partial charge on any atom is -0.372 e. The van der Waals surface area contributed by atoms with Gasteiger partial charge in [0.15, 0.2) is 0 Å². The van der Waals surface area contributed by atoms with E-state index in [1.165, 1.54) is 72.3 Å². The van der Waals surface area contributed by atoms with Gasteiger partial charge in [0.1, 0.15) is 0 Å². The van der Waals surface area contributed by atoms with Gasteiger partial charge >= 0.3 is 0 Å². The molecular weight excluding hydrogens is 949 g/mol. The van der Waals surface area contributed by atoms with Gasteiger partial charge in [-0.2, -0.15) is 0 Å². The van der Waals surface area contributed by atoms with Crippen LogP contribution in [0.4, 0.5) is 34.1 Å². The zero-order chi connectivity index (χ0) is 53.8. The van der Waals surface area contributed by atoms with Gasteiger partial charge in [-0.1, -0.05) is 177 Å². The van der Waals surface area contributed by atoms with Gasteiger partial charge in [-0.3, -0.25) is 0 Å². The van der Waals surface area contributed by atoms with E-state index in [0.29, 0.717) is 26.4 Å². The Labute approximate surface area is 463 Å². The standard InChI is InChI=1S/C74H70N2O2/c1-7-57-11-17-61(18-12-57)49-77-51-63-21-29-65(30-22-63)67-33-43-71(44-34-67)75(73-37-9-53(3)55(5)47-73)69-39-25-59(26-40-69)15-16-60-27-41-70(42-28-60)76(74-38-10-54(4)56(6)48-74)72-45-35-68(36-46-72)66-31-23-64(24-32-66)52-78-50-62-19-13-58(8-2)14-20-62/h7,9-14,17-48H,1,8,15-16,49-52H2,2-6H3. The summed E-state index contributed by atoms with van der Waals surface area (Å²) in [6, 6.07) is 84.1. The normalized spacial score (nSPS) is 11.1. The average molecular weight is 1020 g/mol. The number of anilines is 6. The third-order valence-electron chi connectivity index (χ3n) is 15.1. The fourth-order valence-electron chi connectivity index (χ4n) is 9.92. The van der Waals surface area contributed by atoms with Crippen LogP contribution in [0.15, 0.2) is 237 Å². The topological polar surface area (TPSA) is 24.9 Å². The molecule has 0 radical (unpaired) electrons. The smallest absolute Gasteiger partial charge is 0.0721 e. The molecule has 0 spiro atoms. The fourth-order valence-corrected chi connectivity index (χ4v) is 9.92. The number of rotatable bonds is 21. The summed E-state index contributed by atoms with van der Waals surface area (Å²) >= 11 is 0. The van der Waals surface area contributed by atoms with E-state index in [1.807, 2.05) is 6.08 Å². The molecule has 4 nitrogen and oxygen atoms in total. The van der Waals surface area contributed by atoms with Crippen LogP contribution in [0, 0.1) is 27.7 Å². The first kappa shape index (κ1) is 52.9. The minimum absolute atomic E-state index is 0.565. The molecule has 0 aromatic heterocycles. The van der Waals surface area contributed by atoms with Gasteiger partial charge in [0.2, 0.25) is 0 Å². The van der Waals surface area contributed by atoms with Crippen molar-refractivity contribution in [3.63, 3.8) is 0 Å². The van der Waals surface area contributed by atoms with E-state index in [1.54, 1.807) is 0 Å². The summed E-state index contributed by atoms with van der Waals surface area (Å²) in [4.78, 5) is 4.73. The summed E-state index contributed by atoms with van der Waals surface area (Å²) < 4.78 is 12.1. The Balaban J connectivity index is 0.790. The predicted octanol–water partition coefficient (Wildman–Crippen LogP) is 19.6. The highest BCUT2D eigenvalue weighted by molar-refractivity contribution is 5.80. The lowest BCUT2D eigenvalue weighted by Crippen LogP contribution is -2.10. The van der Waals surface area contributed by atoms with Crippen LogP contribution < -0.4 is 9.80 Å². The van der Waals surface area contributed by atoms with Gasteiger partial charge < -0.3 is 19.3 Å². The number of hydrogen-bond donors (Lipinski definition) is 0. The molecule has 0 bridgehead atoms. The van der Waals surface area contributed by atoms with Crippen LogP contribution in [0.5, 0.6) is 0 Å². The summed E-state index contributed by atoms with van der Waals surface area (Å²) in [5, 5.41) is 0. The first-order chi connectivity index (χ1) is 38.2. The molecule has 4 heteroatoms. The summed E-state index contributed by atoms with van der Waals surface area (Å²) in [5.74, 6) is 0. The van der Waals surface area contributed by atoms with Crippen molar-refractivity contribution in [3.8, 4) is 22.3 Å². The zero-order valence-corrected chi connectivity index (χ0v) is 45.9. The quantitative estimate of drug-likeness (QED) is 0.0716. The summed E-state index contributed by atoms with van der Waals surface area (Å²) in [7, 11) is 0. The number of aryl methyl sites for hydroxylation is 7. The number of hydrogen-bond acceptors (Lipinski definition) is 4. The maximum Gasteiger partial charge on any atom is 0.0721 e. The highest BCUT2D eigenvalue weighted by atomic mass is 16.5. The molecular formula is C74H70N2O2. The molecule has 10 rings (SSSR count). The maximum atomic E-state index is 6.07. The Kier molecular flexibility index (Phi) is 17.0. The SMILES string of the molecule is C=Cc1ccc(COCc2ccc(-c3ccc(N(c4ccc(CCc5ccc(N(c6ccc(-c7ccc(COCc8ccc(CC)cc8)cc7)cc6)c6ccc(C)c(C)c6)cc5)cc4)c4ccc(C)c(C)c4)cc3)cc2)cc1. The van der Waals surface area contributed by atoms with E-state index in [2.05, 4.69) is 282 Å². The largest absolute Gasteiger partial charge is 0.372 e. The van der Waals surface area contributed by atoms with Crippen molar-refractivity contribution in [2.24, 2.45) is 0 Å². The fraction of sp³-hybridized carbons (Fsp3) is 0.162. The number of benzene rings is 10. The molecule has 388 valence electrons. The Hall–Kier alpha value is -8.54. The molecule has 0 amide bonds. The molecule has 78 heavy (non-hydrogen) atoms. The molecule has 0 aliphatic rings. The maximum absolute atomic E-state index is 6.07. The molecule has 0 atom stereocenters. The highest BCUT2D eigenvalue weighted by Gasteiger charge is 2.17. The lowest BCUT2D eigenvalue weighted by Gasteiger charge is -2.27. The Morgan fingerprint density at radius 2 is 0.577 bits per heavy atom. The van der Waals surface area contributed by atoms with Gasteiger partial charge in [0.25, 0.3) is 0 Å². The third kappa shape index (κ3) is 13.2. The average Bonchev–Trinajstić information content (AvgIpc) is 3.49. The van der Waals surface area contributed by atoms with E-state index < -0.39 is 0 Å². The lowest BCUT2D eigenvalue weighted by atomic mass is 10.0. The molecule has 0 fully saturated rings. The molecule has 0 saturated heterocycles. The van der Waals surface area contributed by atoms with Crippen LogP contribution in [0.3, 0.4) is 0 Å². The second-order valence-electron chi connectivity index (χ2n) is 20.6. The third-order valence-corrected chi connectivity index (χ3v) is 15.1. The van der Waals surface area contributed by atoms with Crippen LogP contribution in [-0.4, -0.2) is 0 Å². The van der Waals surface area contributed by atoms with Crippen molar-refractivity contribution in [1.29, 1.82) is 0 Å². The lowest BCUT2D eigenvalue weighted by molar-refractivity contribution is 0.107. The Bertz CT molecular complexity index is 3550. The van der Waals surface area contributed by atoms with Crippen LogP contribution in [0.25, 0.3) is 28.3 Å². The van der Waals surface area contributed by atoms with Gasteiger partial charge in [0.05, 0.1) is 26.4 Å². The van der Waals surface area contributed by atoms with Crippen molar-refractivity contribution < 1.29 is 9.47 Å². The molecule has 0 aliphatic heterocycles. The molecule has 10 aromatic rings. The van der Waals surface area contributed by atoms with Crippen LogP contribution >= 0.6 is 0 Å². The van der Waals surface area contributed by atoms with Crippen molar-refractivity contribution in [2.75, 3.05) is 9.80 Å². The molecule has 0 unspecified atom stereocenters. The van der Waals surface area contributed by atoms with Gasteiger partial charge in [-0.25, -0.2) is 0 Å². The van der Waals surface area contributed by atoms with Gasteiger partial charge in [-0.15, -0.1) is 0 Å². The number of nitrogens with zero attached hydrogens (tertiary/aromatic N) is 2. The van der Waals surface area contributed by atoms with Gasteiger partial charge in [-0.05, 0) is 209 Å². The minimum atomic E-state index is 0.565. The second-order valence-corrected chi connectivity index (χ2v) is 20.6. The summed E-state index contributed by atoms with van der Waals surface area (Å²) in [6.45, 7) is 17.1. The monoisotopic (exact) mass is 1020 g/mol. The molecule has 10 aromatic carbocycles. The Morgan fingerprint density at radius 3 is 0.897 bits per heavy atom. The second kappa shape index (κ2) is 25.1. The van der Waals surface area contributed by atoms with Crippen molar-refractivity contribution in [3.05, 3.63) is 304 Å². The first-order valence-corrected chi connectivity index (χ1v) is 27.4. The highest BCUT2D eigenvalue weighted by Crippen LogP contribution is 2.39. The van der Waals surface area contributed by atoms with Gasteiger partial charge in [0, 0.05) is 34.1 Å². The van der Waals surface area contributed by atoms with Crippen LogP contribution in [0.1, 0.15) is 73.7 Å². The van der Waals surface area contributed by atoms with E-state index in [9.17, 15) is 0 Å². The molecule has 0 heterocycles. The van der Waals surface area contributed by atoms with Crippen LogP contribution in [-0.2, 0) is 55.2 Å². The first-order valence-electron chi connectivity index (χ1n) is 27.4. The Morgan fingerprint density at radius 1 is 0.308 bits per heavy atom. The van der Waals surface area contributed by atoms with E-state index >= 15 is 0 Å². The van der Waals surface area contributed by atoms with E-state index in [0.717, 1.165) is 70.1 Å². The number of ether oxygens (including phenoxy) is 2. The predicted molar refractivity (Wildman–Crippen MR) is 329 cm³/mol. The molecule has 0 aliphatic carbocycles. The molecule has 0 saturated carbocycles. The van der Waals surface area contributed by atoms with E-state index in [4.69, 9.17) is 9.47 Å². The summed E-state index contributed by atoms with van der Waals surface area (Å²) in [5.41, 5.74) is 26.4. The summed E-state index contributed by atoms with van der Waals surface area (Å²) in [6.07, 6.45) is 4.79. The van der Waals surface area contributed by atoms with Crippen molar-refractivity contribution in [2.45, 2.75) is 80.3 Å².